The molecule has 0 saturated heterocycles. The van der Waals surface area contributed by atoms with Gasteiger partial charge in [0, 0.05) is 45.0 Å². The number of nitrogens with zero attached hydrogens (tertiary/aromatic N) is 2. The molecule has 3 heteroatoms. The summed E-state index contributed by atoms with van der Waals surface area (Å²) in [7, 11) is 0. The summed E-state index contributed by atoms with van der Waals surface area (Å²) in [5.41, 5.74) is 2.29. The summed E-state index contributed by atoms with van der Waals surface area (Å²) >= 11 is 0. The first-order valence-corrected chi connectivity index (χ1v) is 47.8. The van der Waals surface area contributed by atoms with Crippen LogP contribution in [0.15, 0.2) is 212 Å². The zero-order valence-electron chi connectivity index (χ0n) is 106. The highest BCUT2D eigenvalue weighted by molar-refractivity contribution is 7.00. The Balaban J connectivity index is 1.45. The fourth-order valence-electron chi connectivity index (χ4n) is 17.3. The lowest BCUT2D eigenvalue weighted by atomic mass is 9.33. The monoisotopic (exact) mass is 1760 g/mol. The van der Waals surface area contributed by atoms with Crippen LogP contribution >= 0.6 is 0 Å². The van der Waals surface area contributed by atoms with Crippen LogP contribution in [-0.4, -0.2) is 6.71 Å². The first-order chi connectivity index (χ1) is 67.3. The maximum Gasteiger partial charge on any atom is 0.252 e. The molecule has 2 aliphatic rings. The van der Waals surface area contributed by atoms with Crippen LogP contribution in [0, 0.1) is 0 Å². The highest BCUT2D eigenvalue weighted by Gasteiger charge is 2.47. The van der Waals surface area contributed by atoms with Crippen LogP contribution in [0.5, 0.6) is 0 Å². The van der Waals surface area contributed by atoms with E-state index in [0.29, 0.717) is 61.4 Å². The normalized spacial score (nSPS) is 16.1. The Kier molecular flexibility index (Phi) is 18.8. The molecule has 2 heterocycles. The van der Waals surface area contributed by atoms with Crippen molar-refractivity contribution in [3.63, 3.8) is 0 Å². The Morgan fingerprint density at radius 3 is 0.603 bits per heavy atom. The molecule has 0 aromatic heterocycles. The first kappa shape index (κ1) is 75.7. The van der Waals surface area contributed by atoms with Gasteiger partial charge in [-0.05, 0) is 274 Å². The maximum absolute atomic E-state index is 11.9. The third kappa shape index (κ3) is 19.7. The zero-order chi connectivity index (χ0) is 113. The predicted molar refractivity (Wildman–Crippen MR) is 580 cm³/mol. The molecule has 0 atom stereocenters. The van der Waals surface area contributed by atoms with Gasteiger partial charge in [-0.15, -0.1) is 0 Å². The molecular formula is C128H161BN2. The smallest absolute Gasteiger partial charge is 0.252 e. The van der Waals surface area contributed by atoms with Crippen molar-refractivity contribution in [3.05, 3.63) is 290 Å². The first-order valence-electron chi connectivity index (χ1n) is 56.8. The van der Waals surface area contributed by atoms with Gasteiger partial charge in [0.15, 0.2) is 0 Å². The van der Waals surface area contributed by atoms with Crippen molar-refractivity contribution in [2.24, 2.45) is 0 Å². The largest absolute Gasteiger partial charge is 0.310 e. The van der Waals surface area contributed by atoms with Gasteiger partial charge < -0.3 is 9.80 Å². The molecule has 14 rings (SSSR count). The molecule has 0 unspecified atom stereocenters. The van der Waals surface area contributed by atoms with E-state index in [1.165, 1.54) is 0 Å². The average Bonchev–Trinajstić information content (AvgIpc) is 0.673. The maximum atomic E-state index is 11.9. The molecule has 0 aliphatic carbocycles. The highest BCUT2D eigenvalue weighted by Crippen LogP contribution is 2.58. The second-order valence-electron chi connectivity index (χ2n) is 52.4. The third-order valence-electron chi connectivity index (χ3n) is 26.2. The van der Waals surface area contributed by atoms with E-state index in [1.807, 2.05) is 176 Å². The fraction of sp³-hybridized carbons (Fsp3) is 0.438. The molecule has 0 spiro atoms. The van der Waals surface area contributed by atoms with Crippen molar-refractivity contribution in [1.29, 1.82) is 0 Å². The molecule has 12 aromatic rings. The molecule has 131 heavy (non-hydrogen) atoms. The molecule has 686 valence electrons. The van der Waals surface area contributed by atoms with E-state index >= 15 is 0 Å². The van der Waals surface area contributed by atoms with Crippen LogP contribution in [0.4, 0.5) is 34.1 Å². The summed E-state index contributed by atoms with van der Waals surface area (Å²) in [5, 5.41) is 0. The van der Waals surface area contributed by atoms with Crippen molar-refractivity contribution < 1.29 is 24.7 Å². The number of fused-ring (bicyclic) bond motifs is 4. The second-order valence-corrected chi connectivity index (χ2v) is 52.4. The minimum atomic E-state index is -1.22. The van der Waals surface area contributed by atoms with Crippen LogP contribution in [0.1, 0.15) is 393 Å². The highest BCUT2D eigenvalue weighted by atomic mass is 15.2. The quantitative estimate of drug-likeness (QED) is 0.133. The summed E-state index contributed by atoms with van der Waals surface area (Å²) in [6.45, 7) is 84.0. The van der Waals surface area contributed by atoms with Crippen LogP contribution in [0.3, 0.4) is 0 Å². The molecule has 0 fully saturated rings. The molecule has 0 amide bonds. The number of hydrogen-bond acceptors (Lipinski definition) is 2. The Morgan fingerprint density at radius 1 is 0.176 bits per heavy atom. The van der Waals surface area contributed by atoms with Gasteiger partial charge in [0.1, 0.15) is 0 Å². The Bertz CT molecular complexity index is 6950. The zero-order valence-corrected chi connectivity index (χ0v) is 87.8. The fourth-order valence-corrected chi connectivity index (χ4v) is 17.3. The van der Waals surface area contributed by atoms with Crippen molar-refractivity contribution >= 4 is 57.2 Å². The lowest BCUT2D eigenvalue weighted by Crippen LogP contribution is -2.61. The third-order valence-corrected chi connectivity index (χ3v) is 26.2. The van der Waals surface area contributed by atoms with Crippen LogP contribution in [-0.2, 0) is 75.8 Å². The van der Waals surface area contributed by atoms with Crippen molar-refractivity contribution in [2.75, 3.05) is 9.80 Å². The summed E-state index contributed by atoms with van der Waals surface area (Å²) < 4.78 is 201. The van der Waals surface area contributed by atoms with Gasteiger partial charge in [0.2, 0.25) is 0 Å². The standard InChI is InChI=1S/C128H161BN2/c1-115(2,3)88-49-43-78(44-50-88)102-74-100(127(37,38)39)76-104(86-61-96(123(25,26)27)72-97(62-86)124(28,29)30)113(102)130-108-65-80(82-55-90(117(7,8)9)69-91(56-82)118(10,11)12)47-53-106(108)129-107-54-48-81(83-57-92(119(13,14)15)70-93(58-83)120(16,17)18)66-109(107)131(111-68-85(67-110(130)112(111)129)84-59-94(121(19,20)21)71-95(60-84)122(22,23)24)114-103(79-45-51-89(52-46-79)116(4,5)6)75-101(128(40,41)42)77-105(114)87-63-98(125(31,32)33)73-99(64-87)126(34,35)36/h43-77H,1-42H3/i43D,44D,45D,46D,49D,50D,51D,52D,61D,62D,63D,64D,72D,73D,74D,75D,76D,77D. The van der Waals surface area contributed by atoms with Gasteiger partial charge in [-0.2, -0.15) is 0 Å². The SMILES string of the molecule is [2H]c1c([2H])c(C(C)(C)C)c([2H])c([2H])c1-c1c([2H])c(C(C)(C)C)c([2H])c(-c2c([2H])c(C(C)(C)C)c([2H])c(C(C)(C)C)c2[2H])c1N1c2cc(-c3cc(C(C)(C)C)cc(C(C)(C)C)c3)ccc2B2c3ccc(-c4cc(C(C)(C)C)cc(C(C)(C)C)c4)cc3N(c3c(-c4c([2H])c([2H])c(C(C)(C)C)c([2H])c4[2H])c([2H])c(C(C)(C)C)c([2H])c3-c3c([2H])c(C(C)(C)C)c([2H])c(C(C)(C)C)c3[2H])c3cc(-c4cc(C(C)(C)C)cc(C(C)(C)C)c4)cc1c32. The van der Waals surface area contributed by atoms with E-state index in [1.54, 1.807) is 0 Å². The lowest BCUT2D eigenvalue weighted by molar-refractivity contribution is 0.568. The van der Waals surface area contributed by atoms with Crippen LogP contribution in [0.2, 0.25) is 0 Å². The van der Waals surface area contributed by atoms with E-state index in [2.05, 4.69) is 228 Å². The minimum absolute atomic E-state index is 0.0353. The number of benzene rings is 12. The van der Waals surface area contributed by atoms with E-state index < -0.39 is 107 Å². The van der Waals surface area contributed by atoms with Crippen molar-refractivity contribution in [2.45, 2.75) is 367 Å². The van der Waals surface area contributed by atoms with E-state index in [-0.39, 0.29) is 185 Å². The topological polar surface area (TPSA) is 6.48 Å². The Morgan fingerprint density at radius 2 is 0.374 bits per heavy atom. The molecular weight excluding hydrogens is 1580 g/mol. The molecule has 0 bridgehead atoms. The Labute approximate surface area is 821 Å². The van der Waals surface area contributed by atoms with Gasteiger partial charge in [-0.25, -0.2) is 0 Å². The lowest BCUT2D eigenvalue weighted by Gasteiger charge is -2.46. The molecule has 2 aliphatic heterocycles. The van der Waals surface area contributed by atoms with Gasteiger partial charge >= 0.3 is 0 Å². The van der Waals surface area contributed by atoms with E-state index in [0.717, 1.165) is 44.5 Å². The molecule has 0 N–H and O–H groups in total. The molecule has 0 radical (unpaired) electrons. The van der Waals surface area contributed by atoms with Gasteiger partial charge in [0.05, 0.1) is 36.0 Å². The van der Waals surface area contributed by atoms with E-state index in [4.69, 9.17) is 0 Å². The number of rotatable bonds is 9. The minimum Gasteiger partial charge on any atom is -0.310 e. The summed E-state index contributed by atoms with van der Waals surface area (Å²) in [4.78, 5) is 4.03. The van der Waals surface area contributed by atoms with Gasteiger partial charge in [-0.1, -0.05) is 454 Å². The van der Waals surface area contributed by atoms with E-state index in [9.17, 15) is 24.7 Å². The van der Waals surface area contributed by atoms with Crippen molar-refractivity contribution in [3.8, 4) is 77.9 Å². The summed E-state index contributed by atoms with van der Waals surface area (Å²) in [6.07, 6.45) is 0. The number of hydrogen-bond donors (Lipinski definition) is 0. The Hall–Kier alpha value is -9.70. The second kappa shape index (κ2) is 32.6. The van der Waals surface area contributed by atoms with Crippen LogP contribution in [0.25, 0.3) is 77.9 Å². The molecule has 2 nitrogen and oxygen atoms in total. The predicted octanol–water partition coefficient (Wildman–Crippen LogP) is 35.6. The average molecular weight is 1760 g/mol. The molecule has 12 aromatic carbocycles. The number of anilines is 6. The van der Waals surface area contributed by atoms with Gasteiger partial charge in [0.25, 0.3) is 6.71 Å². The van der Waals surface area contributed by atoms with Crippen LogP contribution < -0.4 is 26.2 Å². The molecule has 0 saturated carbocycles. The van der Waals surface area contributed by atoms with Gasteiger partial charge in [-0.3, -0.25) is 0 Å². The van der Waals surface area contributed by atoms with Crippen molar-refractivity contribution in [1.82, 2.24) is 0 Å². The summed E-state index contributed by atoms with van der Waals surface area (Å²) in [6, 6.07) is 31.3. The summed E-state index contributed by atoms with van der Waals surface area (Å²) in [5.74, 6) is 0.